The van der Waals surface area contributed by atoms with Gasteiger partial charge in [0.05, 0.1) is 13.5 Å². The van der Waals surface area contributed by atoms with E-state index in [9.17, 15) is 14.4 Å². The molecule has 0 spiro atoms. The average molecular weight is 320 g/mol. The summed E-state index contributed by atoms with van der Waals surface area (Å²) in [6.45, 7) is 2.47. The van der Waals surface area contributed by atoms with Crippen LogP contribution in [0.25, 0.3) is 0 Å². The summed E-state index contributed by atoms with van der Waals surface area (Å²) in [6, 6.07) is 9.76. The van der Waals surface area contributed by atoms with Gasteiger partial charge in [0.25, 0.3) is 0 Å². The minimum absolute atomic E-state index is 0.0388. The molecule has 1 aromatic rings. The number of amides is 2. The molecule has 0 saturated carbocycles. The van der Waals surface area contributed by atoms with E-state index in [4.69, 9.17) is 0 Å². The second-order valence-electron chi connectivity index (χ2n) is 5.18. The van der Waals surface area contributed by atoms with Crippen molar-refractivity contribution in [3.05, 3.63) is 35.9 Å². The van der Waals surface area contributed by atoms with Gasteiger partial charge in [-0.25, -0.2) is 0 Å². The number of nitrogens with one attached hydrogen (secondary N) is 1. The van der Waals surface area contributed by atoms with Gasteiger partial charge in [-0.05, 0) is 12.0 Å². The molecule has 0 atom stereocenters. The predicted octanol–water partition coefficient (Wildman–Crippen LogP) is 1.15. The lowest BCUT2D eigenvalue weighted by atomic mass is 10.1. The molecule has 0 saturated heterocycles. The standard InChI is InChI=1S/C17H24N2O4/c1-14(20)18-11-13-19(12-10-17(22)23-2)16(21)9-8-15-6-4-3-5-7-15/h3-7H,8-13H2,1-2H3,(H,18,20). The molecule has 2 amide bonds. The molecule has 126 valence electrons. The fourth-order valence-corrected chi connectivity index (χ4v) is 2.11. The van der Waals surface area contributed by atoms with Gasteiger partial charge in [-0.1, -0.05) is 30.3 Å². The number of rotatable bonds is 9. The van der Waals surface area contributed by atoms with Gasteiger partial charge in [0.15, 0.2) is 0 Å². The number of carbonyl (C=O) groups excluding carboxylic acids is 3. The third kappa shape index (κ3) is 7.99. The molecule has 0 radical (unpaired) electrons. The van der Waals surface area contributed by atoms with E-state index in [1.807, 2.05) is 30.3 Å². The minimum Gasteiger partial charge on any atom is -0.469 e. The van der Waals surface area contributed by atoms with Crippen LogP contribution < -0.4 is 5.32 Å². The molecule has 0 aliphatic rings. The van der Waals surface area contributed by atoms with Gasteiger partial charge in [-0.3, -0.25) is 14.4 Å². The third-order valence-corrected chi connectivity index (χ3v) is 3.39. The summed E-state index contributed by atoms with van der Waals surface area (Å²) < 4.78 is 4.61. The Kier molecular flexibility index (Phi) is 8.42. The molecule has 0 heterocycles. The van der Waals surface area contributed by atoms with Crippen molar-refractivity contribution < 1.29 is 19.1 Å². The first-order valence-corrected chi connectivity index (χ1v) is 7.66. The summed E-state index contributed by atoms with van der Waals surface area (Å²) in [6.07, 6.45) is 1.16. The second kappa shape index (κ2) is 10.4. The van der Waals surface area contributed by atoms with Crippen LogP contribution in [-0.4, -0.2) is 49.4 Å². The first-order valence-electron chi connectivity index (χ1n) is 7.66. The molecule has 6 nitrogen and oxygen atoms in total. The highest BCUT2D eigenvalue weighted by atomic mass is 16.5. The Labute approximate surface area is 136 Å². The molecule has 6 heteroatoms. The Morgan fingerprint density at radius 3 is 2.39 bits per heavy atom. The van der Waals surface area contributed by atoms with E-state index in [2.05, 4.69) is 10.1 Å². The van der Waals surface area contributed by atoms with E-state index in [1.165, 1.54) is 14.0 Å². The van der Waals surface area contributed by atoms with Crippen molar-refractivity contribution in [2.45, 2.75) is 26.2 Å². The van der Waals surface area contributed by atoms with E-state index >= 15 is 0 Å². The fraction of sp³-hybridized carbons (Fsp3) is 0.471. The first-order chi connectivity index (χ1) is 11.0. The molecule has 0 unspecified atom stereocenters. The number of hydrogen-bond donors (Lipinski definition) is 1. The SMILES string of the molecule is COC(=O)CCN(CCNC(C)=O)C(=O)CCc1ccccc1. The number of nitrogens with zero attached hydrogens (tertiary/aromatic N) is 1. The average Bonchev–Trinajstić information content (AvgIpc) is 2.56. The van der Waals surface area contributed by atoms with E-state index in [1.54, 1.807) is 4.90 Å². The largest absolute Gasteiger partial charge is 0.469 e. The number of carbonyl (C=O) groups is 3. The lowest BCUT2D eigenvalue weighted by Crippen LogP contribution is -2.39. The Balaban J connectivity index is 2.51. The molecule has 0 aliphatic carbocycles. The summed E-state index contributed by atoms with van der Waals surface area (Å²) >= 11 is 0. The Bertz CT molecular complexity index is 517. The van der Waals surface area contributed by atoms with Crippen LogP contribution in [0, 0.1) is 0 Å². The van der Waals surface area contributed by atoms with Crippen LogP contribution >= 0.6 is 0 Å². The van der Waals surface area contributed by atoms with Gasteiger partial charge in [-0.15, -0.1) is 0 Å². The van der Waals surface area contributed by atoms with Gasteiger partial charge in [0, 0.05) is 33.0 Å². The maximum atomic E-state index is 12.4. The monoisotopic (exact) mass is 320 g/mol. The number of methoxy groups -OCH3 is 1. The zero-order valence-electron chi connectivity index (χ0n) is 13.7. The molecule has 0 aromatic heterocycles. The van der Waals surface area contributed by atoms with Crippen LogP contribution in [-0.2, 0) is 25.5 Å². The lowest BCUT2D eigenvalue weighted by molar-refractivity contribution is -0.141. The Morgan fingerprint density at radius 1 is 1.09 bits per heavy atom. The highest BCUT2D eigenvalue weighted by Gasteiger charge is 2.15. The van der Waals surface area contributed by atoms with E-state index < -0.39 is 0 Å². The van der Waals surface area contributed by atoms with Crippen LogP contribution in [0.3, 0.4) is 0 Å². The summed E-state index contributed by atoms with van der Waals surface area (Å²) in [4.78, 5) is 36.1. The molecule has 0 aliphatic heterocycles. The summed E-state index contributed by atoms with van der Waals surface area (Å²) in [5.74, 6) is -0.539. The normalized spacial score (nSPS) is 10.0. The zero-order chi connectivity index (χ0) is 17.1. The van der Waals surface area contributed by atoms with Crippen molar-refractivity contribution in [2.24, 2.45) is 0 Å². The van der Waals surface area contributed by atoms with Crippen LogP contribution in [0.5, 0.6) is 0 Å². The van der Waals surface area contributed by atoms with Crippen molar-refractivity contribution in [2.75, 3.05) is 26.7 Å². The van der Waals surface area contributed by atoms with E-state index in [-0.39, 0.29) is 24.2 Å². The minimum atomic E-state index is -0.356. The maximum absolute atomic E-state index is 12.4. The number of benzene rings is 1. The van der Waals surface area contributed by atoms with Gasteiger partial charge >= 0.3 is 5.97 Å². The van der Waals surface area contributed by atoms with Crippen molar-refractivity contribution in [1.29, 1.82) is 0 Å². The van der Waals surface area contributed by atoms with E-state index in [0.29, 0.717) is 32.5 Å². The fourth-order valence-electron chi connectivity index (χ4n) is 2.11. The van der Waals surface area contributed by atoms with Gasteiger partial charge in [0.2, 0.25) is 11.8 Å². The number of hydrogen-bond acceptors (Lipinski definition) is 4. The molecule has 0 bridgehead atoms. The van der Waals surface area contributed by atoms with Gasteiger partial charge < -0.3 is 15.0 Å². The zero-order valence-corrected chi connectivity index (χ0v) is 13.7. The second-order valence-corrected chi connectivity index (χ2v) is 5.18. The molecular weight excluding hydrogens is 296 g/mol. The van der Waals surface area contributed by atoms with E-state index in [0.717, 1.165) is 5.56 Å². The number of ether oxygens (including phenoxy) is 1. The number of esters is 1. The van der Waals surface area contributed by atoms with Gasteiger partial charge in [0.1, 0.15) is 0 Å². The van der Waals surface area contributed by atoms with Crippen molar-refractivity contribution in [3.63, 3.8) is 0 Å². The molecule has 1 rings (SSSR count). The predicted molar refractivity (Wildman–Crippen MR) is 86.7 cm³/mol. The highest BCUT2D eigenvalue weighted by molar-refractivity contribution is 5.77. The highest BCUT2D eigenvalue weighted by Crippen LogP contribution is 2.05. The quantitative estimate of drug-likeness (QED) is 0.693. The molecule has 23 heavy (non-hydrogen) atoms. The van der Waals surface area contributed by atoms with Crippen LogP contribution in [0.4, 0.5) is 0 Å². The Morgan fingerprint density at radius 2 is 1.78 bits per heavy atom. The summed E-state index contributed by atoms with van der Waals surface area (Å²) in [7, 11) is 1.32. The van der Waals surface area contributed by atoms with Crippen LogP contribution in [0.15, 0.2) is 30.3 Å². The van der Waals surface area contributed by atoms with Crippen molar-refractivity contribution in [1.82, 2.24) is 10.2 Å². The summed E-state index contributed by atoms with van der Waals surface area (Å²) in [5.41, 5.74) is 1.09. The smallest absolute Gasteiger partial charge is 0.307 e. The van der Waals surface area contributed by atoms with Crippen molar-refractivity contribution in [3.8, 4) is 0 Å². The summed E-state index contributed by atoms with van der Waals surface area (Å²) in [5, 5.41) is 2.66. The molecule has 1 aromatic carbocycles. The molecule has 0 fully saturated rings. The molecule has 1 N–H and O–H groups in total. The van der Waals surface area contributed by atoms with Crippen LogP contribution in [0.1, 0.15) is 25.3 Å². The first kappa shape index (κ1) is 18.7. The third-order valence-electron chi connectivity index (χ3n) is 3.39. The lowest BCUT2D eigenvalue weighted by Gasteiger charge is -2.22. The van der Waals surface area contributed by atoms with Crippen molar-refractivity contribution >= 4 is 17.8 Å². The van der Waals surface area contributed by atoms with Crippen LogP contribution in [0.2, 0.25) is 0 Å². The Hall–Kier alpha value is -2.37. The number of aryl methyl sites for hydroxylation is 1. The maximum Gasteiger partial charge on any atom is 0.307 e. The topological polar surface area (TPSA) is 75.7 Å². The molecular formula is C17H24N2O4. The van der Waals surface area contributed by atoms with Gasteiger partial charge in [-0.2, -0.15) is 0 Å².